The Kier molecular flexibility index (Phi) is 4.69. The summed E-state index contributed by atoms with van der Waals surface area (Å²) in [5, 5.41) is 0. The summed E-state index contributed by atoms with van der Waals surface area (Å²) in [5.41, 5.74) is 0.484. The molecule has 5 nitrogen and oxygen atoms in total. The molecule has 1 aliphatic carbocycles. The van der Waals surface area contributed by atoms with Crippen molar-refractivity contribution in [3.63, 3.8) is 0 Å². The van der Waals surface area contributed by atoms with Gasteiger partial charge in [-0.1, -0.05) is 6.07 Å². The van der Waals surface area contributed by atoms with Crippen molar-refractivity contribution in [2.75, 3.05) is 32.9 Å². The van der Waals surface area contributed by atoms with Crippen LogP contribution in [0.15, 0.2) is 24.3 Å². The molecule has 136 valence electrons. The Morgan fingerprint density at radius 3 is 2.92 bits per heavy atom. The smallest absolute Gasteiger partial charge is 0.254 e. The van der Waals surface area contributed by atoms with Gasteiger partial charge in [0.2, 0.25) is 0 Å². The van der Waals surface area contributed by atoms with Gasteiger partial charge < -0.3 is 19.1 Å². The molecule has 0 N–H and O–H groups in total. The highest BCUT2D eigenvalue weighted by Gasteiger charge is 2.49. The normalized spacial score (nSPS) is 24.8. The SMILES string of the molecule is CCOc1cccc(C(=O)N2CC3(CC(OCC4CC4)CCO3)C2)c1. The highest BCUT2D eigenvalue weighted by molar-refractivity contribution is 5.95. The van der Waals surface area contributed by atoms with Crippen molar-refractivity contribution in [1.29, 1.82) is 0 Å². The van der Waals surface area contributed by atoms with Crippen molar-refractivity contribution in [3.8, 4) is 5.75 Å². The average Bonchev–Trinajstić information content (AvgIpc) is 3.42. The topological polar surface area (TPSA) is 48.0 Å². The van der Waals surface area contributed by atoms with E-state index in [0.717, 1.165) is 37.7 Å². The number of carbonyl (C=O) groups excluding carboxylic acids is 1. The Bertz CT molecular complexity index is 622. The number of hydrogen-bond acceptors (Lipinski definition) is 4. The van der Waals surface area contributed by atoms with E-state index in [4.69, 9.17) is 14.2 Å². The van der Waals surface area contributed by atoms with Gasteiger partial charge in [0, 0.05) is 25.2 Å². The predicted molar refractivity (Wildman–Crippen MR) is 93.9 cm³/mol. The van der Waals surface area contributed by atoms with Crippen LogP contribution in [0.25, 0.3) is 0 Å². The molecule has 3 fully saturated rings. The van der Waals surface area contributed by atoms with Crippen LogP contribution >= 0.6 is 0 Å². The average molecular weight is 345 g/mol. The summed E-state index contributed by atoms with van der Waals surface area (Å²) in [4.78, 5) is 14.6. The van der Waals surface area contributed by atoms with Crippen LogP contribution < -0.4 is 4.74 Å². The number of nitrogens with zero attached hydrogens (tertiary/aromatic N) is 1. The minimum Gasteiger partial charge on any atom is -0.494 e. The Morgan fingerprint density at radius 1 is 1.32 bits per heavy atom. The molecule has 1 unspecified atom stereocenters. The summed E-state index contributed by atoms with van der Waals surface area (Å²) in [7, 11) is 0. The van der Waals surface area contributed by atoms with Crippen molar-refractivity contribution in [1.82, 2.24) is 4.90 Å². The van der Waals surface area contributed by atoms with E-state index in [9.17, 15) is 4.79 Å². The summed E-state index contributed by atoms with van der Waals surface area (Å²) < 4.78 is 17.6. The maximum atomic E-state index is 12.7. The molecule has 2 aliphatic heterocycles. The van der Waals surface area contributed by atoms with Crippen molar-refractivity contribution < 1.29 is 19.0 Å². The van der Waals surface area contributed by atoms with E-state index in [-0.39, 0.29) is 17.6 Å². The summed E-state index contributed by atoms with van der Waals surface area (Å²) in [6, 6.07) is 7.41. The molecule has 0 aromatic heterocycles. The van der Waals surface area contributed by atoms with Crippen LogP contribution in [-0.4, -0.2) is 55.4 Å². The van der Waals surface area contributed by atoms with Gasteiger partial charge in [-0.05, 0) is 50.3 Å². The van der Waals surface area contributed by atoms with Gasteiger partial charge in [-0.3, -0.25) is 4.79 Å². The van der Waals surface area contributed by atoms with Gasteiger partial charge in [0.15, 0.2) is 0 Å². The third-order valence-corrected chi connectivity index (χ3v) is 5.35. The second-order valence-electron chi connectivity index (χ2n) is 7.55. The molecular formula is C20H27NO4. The fourth-order valence-corrected chi connectivity index (χ4v) is 3.76. The summed E-state index contributed by atoms with van der Waals surface area (Å²) >= 11 is 0. The molecule has 4 rings (SSSR count). The zero-order chi connectivity index (χ0) is 17.3. The van der Waals surface area contributed by atoms with Crippen LogP contribution in [-0.2, 0) is 9.47 Å². The van der Waals surface area contributed by atoms with Gasteiger partial charge in [0.25, 0.3) is 5.91 Å². The summed E-state index contributed by atoms with van der Waals surface area (Å²) in [5.74, 6) is 1.58. The lowest BCUT2D eigenvalue weighted by Gasteiger charge is -2.53. The Hall–Kier alpha value is -1.59. The van der Waals surface area contributed by atoms with E-state index >= 15 is 0 Å². The van der Waals surface area contributed by atoms with E-state index in [2.05, 4.69) is 0 Å². The lowest BCUT2D eigenvalue weighted by Crippen LogP contribution is -2.67. The van der Waals surface area contributed by atoms with Crippen molar-refractivity contribution >= 4 is 5.91 Å². The van der Waals surface area contributed by atoms with Crippen LogP contribution in [0.1, 0.15) is 43.0 Å². The highest BCUT2D eigenvalue weighted by Crippen LogP contribution is 2.37. The molecule has 1 aromatic carbocycles. The largest absolute Gasteiger partial charge is 0.494 e. The molecule has 2 heterocycles. The quantitative estimate of drug-likeness (QED) is 0.795. The minimum atomic E-state index is -0.195. The van der Waals surface area contributed by atoms with Crippen molar-refractivity contribution in [3.05, 3.63) is 29.8 Å². The predicted octanol–water partition coefficient (Wildman–Crippen LogP) is 2.89. The van der Waals surface area contributed by atoms with Crippen LogP contribution in [0.4, 0.5) is 0 Å². The van der Waals surface area contributed by atoms with Crippen molar-refractivity contribution in [2.45, 2.75) is 44.3 Å². The van der Waals surface area contributed by atoms with Gasteiger partial charge in [-0.15, -0.1) is 0 Å². The fourth-order valence-electron chi connectivity index (χ4n) is 3.76. The molecule has 2 saturated heterocycles. The van der Waals surface area contributed by atoms with Gasteiger partial charge in [-0.25, -0.2) is 0 Å². The van der Waals surface area contributed by atoms with Crippen LogP contribution in [0.2, 0.25) is 0 Å². The first-order valence-electron chi connectivity index (χ1n) is 9.45. The molecule has 1 amide bonds. The molecular weight excluding hydrogens is 318 g/mol. The number of carbonyl (C=O) groups is 1. The monoisotopic (exact) mass is 345 g/mol. The molecule has 1 saturated carbocycles. The zero-order valence-corrected chi connectivity index (χ0v) is 14.9. The molecule has 25 heavy (non-hydrogen) atoms. The van der Waals surface area contributed by atoms with Crippen molar-refractivity contribution in [2.24, 2.45) is 5.92 Å². The number of amides is 1. The number of likely N-dealkylation sites (tertiary alicyclic amines) is 1. The first kappa shape index (κ1) is 16.9. The number of hydrogen-bond donors (Lipinski definition) is 0. The van der Waals surface area contributed by atoms with Gasteiger partial charge in [-0.2, -0.15) is 0 Å². The first-order valence-corrected chi connectivity index (χ1v) is 9.45. The lowest BCUT2D eigenvalue weighted by molar-refractivity contribution is -0.186. The van der Waals surface area contributed by atoms with E-state index in [1.54, 1.807) is 0 Å². The van der Waals surface area contributed by atoms with E-state index < -0.39 is 0 Å². The Morgan fingerprint density at radius 2 is 2.16 bits per heavy atom. The van der Waals surface area contributed by atoms with Crippen LogP contribution in [0, 0.1) is 5.92 Å². The van der Waals surface area contributed by atoms with E-state index in [0.29, 0.717) is 25.3 Å². The molecule has 0 radical (unpaired) electrons. The Labute approximate surface area is 149 Å². The molecule has 1 atom stereocenters. The second kappa shape index (κ2) is 6.96. The molecule has 1 spiro atoms. The minimum absolute atomic E-state index is 0.0526. The number of rotatable bonds is 6. The maximum Gasteiger partial charge on any atom is 0.254 e. The molecule has 0 bridgehead atoms. The number of benzene rings is 1. The van der Waals surface area contributed by atoms with Gasteiger partial charge in [0.1, 0.15) is 11.4 Å². The molecule has 5 heteroatoms. The summed E-state index contributed by atoms with van der Waals surface area (Å²) in [6.45, 7) is 5.49. The molecule has 1 aromatic rings. The zero-order valence-electron chi connectivity index (χ0n) is 14.9. The Balaban J connectivity index is 1.32. The highest BCUT2D eigenvalue weighted by atomic mass is 16.5. The van der Waals surface area contributed by atoms with Crippen LogP contribution in [0.3, 0.4) is 0 Å². The van der Waals surface area contributed by atoms with Crippen LogP contribution in [0.5, 0.6) is 5.75 Å². The standard InChI is InChI=1S/C20H27NO4/c1-2-23-17-5-3-4-16(10-17)19(22)21-13-20(14-21)11-18(8-9-25-20)24-12-15-6-7-15/h3-5,10,15,18H,2,6-9,11-14H2,1H3. The van der Waals surface area contributed by atoms with Gasteiger partial charge >= 0.3 is 0 Å². The fraction of sp³-hybridized carbons (Fsp3) is 0.650. The van der Waals surface area contributed by atoms with E-state index in [1.165, 1.54) is 12.8 Å². The maximum absolute atomic E-state index is 12.7. The first-order chi connectivity index (χ1) is 12.2. The van der Waals surface area contributed by atoms with Gasteiger partial charge in [0.05, 0.1) is 25.8 Å². The number of ether oxygens (including phenoxy) is 3. The third-order valence-electron chi connectivity index (χ3n) is 5.35. The second-order valence-corrected chi connectivity index (χ2v) is 7.55. The molecule has 3 aliphatic rings. The van der Waals surface area contributed by atoms with E-state index in [1.807, 2.05) is 36.1 Å². The lowest BCUT2D eigenvalue weighted by atomic mass is 9.84. The summed E-state index contributed by atoms with van der Waals surface area (Å²) in [6.07, 6.45) is 4.80. The third kappa shape index (κ3) is 3.82.